The van der Waals surface area contributed by atoms with Gasteiger partial charge in [0.15, 0.2) is 0 Å². The van der Waals surface area contributed by atoms with Gasteiger partial charge in [-0.3, -0.25) is 9.48 Å². The molecule has 110 valence electrons. The third-order valence-electron chi connectivity index (χ3n) is 3.14. The number of pyridine rings is 1. The van der Waals surface area contributed by atoms with Crippen LogP contribution in [0.25, 0.3) is 0 Å². The van der Waals surface area contributed by atoms with Gasteiger partial charge in [-0.25, -0.2) is 4.98 Å². The first kappa shape index (κ1) is 13.6. The molecule has 3 heterocycles. The Morgan fingerprint density at radius 3 is 3.19 bits per heavy atom. The molecular weight excluding hydrogens is 272 g/mol. The van der Waals surface area contributed by atoms with Crippen molar-refractivity contribution >= 4 is 11.6 Å². The van der Waals surface area contributed by atoms with Crippen LogP contribution in [-0.4, -0.2) is 40.0 Å². The first-order chi connectivity index (χ1) is 10.2. The van der Waals surface area contributed by atoms with E-state index >= 15 is 0 Å². The van der Waals surface area contributed by atoms with E-state index in [0.717, 1.165) is 6.42 Å². The Morgan fingerprint density at radius 1 is 1.57 bits per heavy atom. The van der Waals surface area contributed by atoms with E-state index in [2.05, 4.69) is 15.4 Å². The number of aromatic nitrogens is 3. The van der Waals surface area contributed by atoms with Crippen LogP contribution in [0.4, 0.5) is 5.69 Å². The first-order valence-corrected chi connectivity index (χ1v) is 6.71. The first-order valence-electron chi connectivity index (χ1n) is 6.71. The number of rotatable bonds is 4. The van der Waals surface area contributed by atoms with Crippen molar-refractivity contribution in [2.24, 2.45) is 7.05 Å². The molecule has 0 aromatic carbocycles. The zero-order valence-electron chi connectivity index (χ0n) is 11.7. The van der Waals surface area contributed by atoms with Gasteiger partial charge in [0, 0.05) is 37.5 Å². The van der Waals surface area contributed by atoms with Crippen LogP contribution < -0.4 is 10.1 Å². The minimum atomic E-state index is -0.224. The maximum atomic E-state index is 12.2. The third kappa shape index (κ3) is 3.38. The monoisotopic (exact) mass is 288 g/mol. The van der Waals surface area contributed by atoms with Gasteiger partial charge in [0.1, 0.15) is 6.10 Å². The second-order valence-electron chi connectivity index (χ2n) is 4.84. The number of hydrogen-bond acceptors (Lipinski definition) is 5. The number of ether oxygens (including phenoxy) is 2. The topological polar surface area (TPSA) is 78.3 Å². The molecule has 1 aliphatic rings. The predicted molar refractivity (Wildman–Crippen MR) is 75.3 cm³/mol. The highest BCUT2D eigenvalue weighted by Gasteiger charge is 2.18. The summed E-state index contributed by atoms with van der Waals surface area (Å²) in [6.07, 6.45) is 5.73. The molecule has 7 nitrogen and oxygen atoms in total. The Kier molecular flexibility index (Phi) is 3.83. The highest BCUT2D eigenvalue weighted by atomic mass is 16.5. The Hall–Kier alpha value is -2.41. The zero-order chi connectivity index (χ0) is 14.7. The van der Waals surface area contributed by atoms with Crippen LogP contribution in [0.1, 0.15) is 16.8 Å². The summed E-state index contributed by atoms with van der Waals surface area (Å²) in [4.78, 5) is 16.3. The second-order valence-corrected chi connectivity index (χ2v) is 4.84. The van der Waals surface area contributed by atoms with Crippen LogP contribution in [0.2, 0.25) is 0 Å². The van der Waals surface area contributed by atoms with Crippen molar-refractivity contribution in [1.82, 2.24) is 14.8 Å². The third-order valence-corrected chi connectivity index (χ3v) is 3.14. The van der Waals surface area contributed by atoms with Crippen LogP contribution in [0, 0.1) is 0 Å². The van der Waals surface area contributed by atoms with Gasteiger partial charge < -0.3 is 14.8 Å². The van der Waals surface area contributed by atoms with Gasteiger partial charge in [0.05, 0.1) is 25.1 Å². The zero-order valence-corrected chi connectivity index (χ0v) is 11.7. The molecule has 1 fully saturated rings. The lowest BCUT2D eigenvalue weighted by atomic mass is 10.2. The summed E-state index contributed by atoms with van der Waals surface area (Å²) in [5.41, 5.74) is 1.13. The molecule has 2 aromatic rings. The van der Waals surface area contributed by atoms with Gasteiger partial charge in [-0.15, -0.1) is 0 Å². The molecule has 3 rings (SSSR count). The van der Waals surface area contributed by atoms with Crippen LogP contribution in [-0.2, 0) is 11.8 Å². The summed E-state index contributed by atoms with van der Waals surface area (Å²) >= 11 is 0. The summed E-state index contributed by atoms with van der Waals surface area (Å²) in [5.74, 6) is 0.210. The highest BCUT2D eigenvalue weighted by Crippen LogP contribution is 2.16. The molecular formula is C14H16N4O3. The van der Waals surface area contributed by atoms with E-state index in [4.69, 9.17) is 9.47 Å². The summed E-state index contributed by atoms with van der Waals surface area (Å²) in [6, 6.07) is 3.27. The van der Waals surface area contributed by atoms with E-state index in [-0.39, 0.29) is 12.0 Å². The largest absolute Gasteiger partial charge is 0.472 e. The van der Waals surface area contributed by atoms with Crippen molar-refractivity contribution in [3.05, 3.63) is 36.3 Å². The Bertz CT molecular complexity index is 635. The summed E-state index contributed by atoms with van der Waals surface area (Å²) in [6.45, 7) is 1.26. The quantitative estimate of drug-likeness (QED) is 0.915. The molecule has 0 unspecified atom stereocenters. The number of carbonyl (C=O) groups is 1. The van der Waals surface area contributed by atoms with Gasteiger partial charge in [0.25, 0.3) is 5.91 Å². The van der Waals surface area contributed by atoms with E-state index < -0.39 is 0 Å². The van der Waals surface area contributed by atoms with E-state index in [1.807, 2.05) is 0 Å². The Morgan fingerprint density at radius 2 is 2.48 bits per heavy atom. The van der Waals surface area contributed by atoms with E-state index in [1.165, 1.54) is 0 Å². The molecule has 0 radical (unpaired) electrons. The van der Waals surface area contributed by atoms with Gasteiger partial charge >= 0.3 is 0 Å². The summed E-state index contributed by atoms with van der Waals surface area (Å²) < 4.78 is 12.6. The van der Waals surface area contributed by atoms with Crippen LogP contribution in [0.15, 0.2) is 30.7 Å². The van der Waals surface area contributed by atoms with Crippen molar-refractivity contribution in [2.45, 2.75) is 12.5 Å². The number of amides is 1. The maximum Gasteiger partial charge on any atom is 0.256 e. The molecule has 1 aliphatic heterocycles. The average Bonchev–Trinajstić information content (AvgIpc) is 3.11. The molecule has 1 N–H and O–H groups in total. The fourth-order valence-corrected chi connectivity index (χ4v) is 2.08. The number of nitrogens with one attached hydrogen (secondary N) is 1. The van der Waals surface area contributed by atoms with Gasteiger partial charge in [-0.05, 0) is 6.07 Å². The number of hydrogen-bond donors (Lipinski definition) is 1. The lowest BCUT2D eigenvalue weighted by Crippen LogP contribution is -2.17. The summed E-state index contributed by atoms with van der Waals surface area (Å²) in [7, 11) is 1.79. The Labute approximate surface area is 121 Å². The number of nitrogens with zero attached hydrogens (tertiary/aromatic N) is 3. The van der Waals surface area contributed by atoms with E-state index in [0.29, 0.717) is 30.3 Å². The van der Waals surface area contributed by atoms with Gasteiger partial charge in [-0.2, -0.15) is 5.10 Å². The minimum Gasteiger partial charge on any atom is -0.472 e. The molecule has 1 saturated heterocycles. The molecule has 21 heavy (non-hydrogen) atoms. The van der Waals surface area contributed by atoms with Crippen molar-refractivity contribution in [2.75, 3.05) is 18.5 Å². The van der Waals surface area contributed by atoms with Gasteiger partial charge in [0.2, 0.25) is 5.88 Å². The minimum absolute atomic E-state index is 0.00846. The van der Waals surface area contributed by atoms with Crippen molar-refractivity contribution < 1.29 is 14.3 Å². The van der Waals surface area contributed by atoms with Crippen LogP contribution >= 0.6 is 0 Å². The van der Waals surface area contributed by atoms with E-state index in [1.54, 1.807) is 42.5 Å². The summed E-state index contributed by atoms with van der Waals surface area (Å²) in [5, 5.41) is 6.77. The molecule has 0 spiro atoms. The number of anilines is 1. The van der Waals surface area contributed by atoms with Crippen molar-refractivity contribution in [3.8, 4) is 5.88 Å². The lowest BCUT2D eigenvalue weighted by molar-refractivity contribution is 0.102. The average molecular weight is 288 g/mol. The fraction of sp³-hybridized carbons (Fsp3) is 0.357. The van der Waals surface area contributed by atoms with E-state index in [9.17, 15) is 4.79 Å². The van der Waals surface area contributed by atoms with Crippen molar-refractivity contribution in [3.63, 3.8) is 0 Å². The molecule has 1 amide bonds. The molecule has 2 aromatic heterocycles. The highest BCUT2D eigenvalue weighted by molar-refractivity contribution is 6.04. The smallest absolute Gasteiger partial charge is 0.256 e. The molecule has 0 aliphatic carbocycles. The molecule has 1 atom stereocenters. The predicted octanol–water partition coefficient (Wildman–Crippen LogP) is 1.24. The SMILES string of the molecule is Cn1cc(NC(=O)c2ccnc(O[C@H]3CCOC3)c2)cn1. The van der Waals surface area contributed by atoms with Crippen molar-refractivity contribution in [1.29, 1.82) is 0 Å². The standard InChI is InChI=1S/C14H16N4O3/c1-18-8-11(7-16-18)17-14(19)10-2-4-15-13(6-10)21-12-3-5-20-9-12/h2,4,6-8,12H,3,5,9H2,1H3,(H,17,19)/t12-/m0/s1. The van der Waals surface area contributed by atoms with Gasteiger partial charge in [-0.1, -0.05) is 0 Å². The fourth-order valence-electron chi connectivity index (χ4n) is 2.08. The van der Waals surface area contributed by atoms with Crippen LogP contribution in [0.5, 0.6) is 5.88 Å². The maximum absolute atomic E-state index is 12.2. The van der Waals surface area contributed by atoms with Crippen LogP contribution in [0.3, 0.4) is 0 Å². The number of carbonyl (C=O) groups excluding carboxylic acids is 1. The molecule has 7 heteroatoms. The normalized spacial score (nSPS) is 17.7. The lowest BCUT2D eigenvalue weighted by Gasteiger charge is -2.11. The Balaban J connectivity index is 1.68. The molecule has 0 saturated carbocycles. The molecule has 0 bridgehead atoms. The number of aryl methyl sites for hydroxylation is 1. The second kappa shape index (κ2) is 5.92.